The van der Waals surface area contributed by atoms with Crippen LogP contribution in [0, 0.1) is 6.92 Å². The zero-order chi connectivity index (χ0) is 22.0. The molecular formula is C24H18Cl2N2O2S. The van der Waals surface area contributed by atoms with Crippen molar-refractivity contribution in [3.05, 3.63) is 99.7 Å². The van der Waals surface area contributed by atoms with E-state index in [1.165, 1.54) is 0 Å². The molecule has 0 saturated heterocycles. The Bertz CT molecular complexity index is 1290. The molecule has 1 atom stereocenters. The largest absolute Gasteiger partial charge is 0.320 e. The van der Waals surface area contributed by atoms with E-state index in [9.17, 15) is 9.00 Å². The number of hydrogen-bond donors (Lipinski definition) is 1. The van der Waals surface area contributed by atoms with E-state index in [1.54, 1.807) is 36.5 Å². The summed E-state index contributed by atoms with van der Waals surface area (Å²) in [5.74, 6) is -0.0375. The lowest BCUT2D eigenvalue weighted by Gasteiger charge is -2.14. The van der Waals surface area contributed by atoms with E-state index < -0.39 is 16.7 Å². The van der Waals surface area contributed by atoms with E-state index >= 15 is 0 Å². The van der Waals surface area contributed by atoms with Gasteiger partial charge in [-0.05, 0) is 36.2 Å². The first-order chi connectivity index (χ1) is 15.0. The third kappa shape index (κ3) is 4.49. The van der Waals surface area contributed by atoms with E-state index in [4.69, 9.17) is 23.2 Å². The zero-order valence-corrected chi connectivity index (χ0v) is 18.9. The molecule has 0 aliphatic heterocycles. The molecule has 0 radical (unpaired) electrons. The Morgan fingerprint density at radius 3 is 2.35 bits per heavy atom. The molecular weight excluding hydrogens is 451 g/mol. The topological polar surface area (TPSA) is 59.1 Å². The highest BCUT2D eigenvalue weighted by atomic mass is 35.5. The van der Waals surface area contributed by atoms with Crippen LogP contribution in [0.1, 0.15) is 21.5 Å². The first-order valence-corrected chi connectivity index (χ1v) is 11.6. The van der Waals surface area contributed by atoms with Crippen LogP contribution in [-0.4, -0.2) is 15.1 Å². The van der Waals surface area contributed by atoms with Crippen LogP contribution >= 0.6 is 23.2 Å². The van der Waals surface area contributed by atoms with Crippen molar-refractivity contribution in [1.82, 2.24) is 4.98 Å². The van der Waals surface area contributed by atoms with Gasteiger partial charge in [0.1, 0.15) is 0 Å². The highest BCUT2D eigenvalue weighted by molar-refractivity contribution is 7.84. The number of carbonyl (C=O) groups excluding carboxylic acids is 1. The maximum atomic E-state index is 13.3. The summed E-state index contributed by atoms with van der Waals surface area (Å²) in [5.41, 5.74) is 3.07. The normalized spacial score (nSPS) is 12.0. The summed E-state index contributed by atoms with van der Waals surface area (Å²) in [7, 11) is -1.28. The first kappa shape index (κ1) is 21.5. The summed E-state index contributed by atoms with van der Waals surface area (Å²) in [6, 6.07) is 20.0. The Kier molecular flexibility index (Phi) is 6.37. The number of nitrogens with one attached hydrogen (secondary N) is 1. The molecule has 31 heavy (non-hydrogen) atoms. The van der Waals surface area contributed by atoms with Crippen LogP contribution in [-0.2, 0) is 16.6 Å². The monoisotopic (exact) mass is 468 g/mol. The van der Waals surface area contributed by atoms with Gasteiger partial charge < -0.3 is 5.32 Å². The minimum Gasteiger partial charge on any atom is -0.320 e. The summed E-state index contributed by atoms with van der Waals surface area (Å²) in [5, 5.41) is 4.11. The lowest BCUT2D eigenvalue weighted by molar-refractivity contribution is 0.102. The van der Waals surface area contributed by atoms with Crippen molar-refractivity contribution in [2.24, 2.45) is 0 Å². The van der Waals surface area contributed by atoms with Gasteiger partial charge in [-0.1, -0.05) is 71.7 Å². The highest BCUT2D eigenvalue weighted by Gasteiger charge is 2.19. The van der Waals surface area contributed by atoms with Crippen molar-refractivity contribution < 1.29 is 9.00 Å². The van der Waals surface area contributed by atoms with Gasteiger partial charge in [0.05, 0.1) is 48.3 Å². The van der Waals surface area contributed by atoms with E-state index in [-0.39, 0.29) is 15.6 Å². The number of halogens is 2. The first-order valence-electron chi connectivity index (χ1n) is 9.51. The van der Waals surface area contributed by atoms with Gasteiger partial charge in [-0.15, -0.1) is 0 Å². The number of pyridine rings is 1. The third-order valence-electron chi connectivity index (χ3n) is 4.83. The predicted octanol–water partition coefficient (Wildman–Crippen LogP) is 6.41. The number of anilines is 1. The Morgan fingerprint density at radius 2 is 1.65 bits per heavy atom. The van der Waals surface area contributed by atoms with Crippen LogP contribution in [0.15, 0.2) is 77.8 Å². The molecule has 0 saturated carbocycles. The molecule has 1 unspecified atom stereocenters. The Balaban J connectivity index is 1.73. The fourth-order valence-corrected chi connectivity index (χ4v) is 5.43. The van der Waals surface area contributed by atoms with Crippen molar-refractivity contribution in [2.45, 2.75) is 17.6 Å². The average Bonchev–Trinajstić information content (AvgIpc) is 2.74. The Morgan fingerprint density at radius 1 is 0.968 bits per heavy atom. The fraction of sp³-hybridized carbons (Fsp3) is 0.0833. The molecule has 156 valence electrons. The number of benzene rings is 3. The van der Waals surface area contributed by atoms with E-state index in [0.717, 1.165) is 16.5 Å². The van der Waals surface area contributed by atoms with E-state index in [0.29, 0.717) is 21.9 Å². The summed E-state index contributed by atoms with van der Waals surface area (Å²) < 4.78 is 13.3. The van der Waals surface area contributed by atoms with Crippen LogP contribution < -0.4 is 5.32 Å². The summed E-state index contributed by atoms with van der Waals surface area (Å²) in [4.78, 5) is 18.1. The van der Waals surface area contributed by atoms with Crippen LogP contribution in [0.4, 0.5) is 5.69 Å². The lowest BCUT2D eigenvalue weighted by Crippen LogP contribution is -2.14. The van der Waals surface area contributed by atoms with Crippen molar-refractivity contribution in [1.29, 1.82) is 0 Å². The fourth-order valence-electron chi connectivity index (χ4n) is 3.40. The number of nitrogens with zero attached hydrogens (tertiary/aromatic N) is 1. The molecule has 1 heterocycles. The predicted molar refractivity (Wildman–Crippen MR) is 127 cm³/mol. The van der Waals surface area contributed by atoms with Gasteiger partial charge in [0.25, 0.3) is 5.91 Å². The summed E-state index contributed by atoms with van der Waals surface area (Å²) >= 11 is 12.3. The molecule has 0 bridgehead atoms. The number of hydrogen-bond acceptors (Lipinski definition) is 3. The van der Waals surface area contributed by atoms with Gasteiger partial charge in [0, 0.05) is 11.6 Å². The van der Waals surface area contributed by atoms with Gasteiger partial charge in [0.15, 0.2) is 0 Å². The van der Waals surface area contributed by atoms with E-state index in [2.05, 4.69) is 10.3 Å². The second-order valence-corrected chi connectivity index (χ2v) is 9.20. The molecule has 1 amide bonds. The van der Waals surface area contributed by atoms with E-state index in [1.807, 2.05) is 43.3 Å². The molecule has 0 fully saturated rings. The number of rotatable bonds is 5. The lowest BCUT2D eigenvalue weighted by atomic mass is 10.1. The number of amides is 1. The molecule has 0 aliphatic rings. The maximum Gasteiger partial charge on any atom is 0.258 e. The molecule has 3 aromatic carbocycles. The molecule has 4 aromatic rings. The SMILES string of the molecule is Cc1cnc2c(NC(=O)c3c(Cl)cccc3Cl)cccc2c1S(=O)Cc1ccccc1. The van der Waals surface area contributed by atoms with Crippen molar-refractivity contribution in [3.8, 4) is 0 Å². The van der Waals surface area contributed by atoms with Crippen molar-refractivity contribution >= 4 is 56.5 Å². The number of aryl methyl sites for hydroxylation is 1. The molecule has 4 rings (SSSR count). The minimum atomic E-state index is -1.28. The van der Waals surface area contributed by atoms with Crippen molar-refractivity contribution in [2.75, 3.05) is 5.32 Å². The number of para-hydroxylation sites is 1. The Hall–Kier alpha value is -2.73. The van der Waals surface area contributed by atoms with Gasteiger partial charge in [-0.3, -0.25) is 14.0 Å². The van der Waals surface area contributed by atoms with Gasteiger partial charge in [0.2, 0.25) is 0 Å². The number of aromatic nitrogens is 1. The van der Waals surface area contributed by atoms with Crippen molar-refractivity contribution in [3.63, 3.8) is 0 Å². The standard InChI is InChI=1S/C24H18Cl2N2O2S/c1-15-13-27-22-17(23(15)31(30)14-16-7-3-2-4-8-16)9-5-12-20(22)28-24(29)21-18(25)10-6-11-19(21)26/h2-13H,14H2,1H3,(H,28,29). The highest BCUT2D eigenvalue weighted by Crippen LogP contribution is 2.31. The van der Waals surface area contributed by atoms with Crippen LogP contribution in [0.25, 0.3) is 10.9 Å². The van der Waals surface area contributed by atoms with Gasteiger partial charge in [-0.25, -0.2) is 0 Å². The number of carbonyl (C=O) groups is 1. The van der Waals surface area contributed by atoms with Crippen LogP contribution in [0.2, 0.25) is 10.0 Å². The van der Waals surface area contributed by atoms with Crippen LogP contribution in [0.5, 0.6) is 0 Å². The summed E-state index contributed by atoms with van der Waals surface area (Å²) in [6.45, 7) is 1.89. The second-order valence-electron chi connectivity index (χ2n) is 7.00. The molecule has 0 spiro atoms. The molecule has 0 aliphatic carbocycles. The average molecular weight is 469 g/mol. The molecule has 7 heteroatoms. The maximum absolute atomic E-state index is 13.3. The Labute approximate surface area is 192 Å². The number of fused-ring (bicyclic) bond motifs is 1. The van der Waals surface area contributed by atoms with Crippen LogP contribution in [0.3, 0.4) is 0 Å². The van der Waals surface area contributed by atoms with Gasteiger partial charge in [-0.2, -0.15) is 0 Å². The molecule has 1 N–H and O–H groups in total. The minimum absolute atomic E-state index is 0.197. The smallest absolute Gasteiger partial charge is 0.258 e. The molecule has 1 aromatic heterocycles. The molecule has 4 nitrogen and oxygen atoms in total. The quantitative estimate of drug-likeness (QED) is 0.368. The summed E-state index contributed by atoms with van der Waals surface area (Å²) in [6.07, 6.45) is 1.68. The third-order valence-corrected chi connectivity index (χ3v) is 7.06. The van der Waals surface area contributed by atoms with Gasteiger partial charge >= 0.3 is 0 Å². The second kappa shape index (κ2) is 9.18. The zero-order valence-electron chi connectivity index (χ0n) is 16.6.